The summed E-state index contributed by atoms with van der Waals surface area (Å²) in [6.07, 6.45) is -4.93. The van der Waals surface area contributed by atoms with Gasteiger partial charge in [0.25, 0.3) is 11.8 Å². The van der Waals surface area contributed by atoms with E-state index in [4.69, 9.17) is 28.4 Å². The summed E-state index contributed by atoms with van der Waals surface area (Å²) in [5, 5.41) is 0. The lowest BCUT2D eigenvalue weighted by atomic mass is 9.85. The van der Waals surface area contributed by atoms with Gasteiger partial charge in [-0.2, -0.15) is 0 Å². The van der Waals surface area contributed by atoms with Gasteiger partial charge in [0.1, 0.15) is 41.1 Å². The smallest absolute Gasteiger partial charge is 0.410 e. The third-order valence-corrected chi connectivity index (χ3v) is 16.0. The number of hydrogen-bond acceptors (Lipinski definition) is 16. The third kappa shape index (κ3) is 26.8. The fourth-order valence-corrected chi connectivity index (χ4v) is 10.6. The summed E-state index contributed by atoms with van der Waals surface area (Å²) in [6.45, 7) is 31.1. The quantitative estimate of drug-likeness (QED) is 0.0308. The van der Waals surface area contributed by atoms with E-state index in [1.807, 2.05) is 110 Å². The number of carbonyl (C=O) groups is 9. The Balaban J connectivity index is 2.10. The van der Waals surface area contributed by atoms with Gasteiger partial charge in [0, 0.05) is 53.4 Å². The number of benzene rings is 3. The second-order valence-corrected chi connectivity index (χ2v) is 30.8. The van der Waals surface area contributed by atoms with Gasteiger partial charge in [-0.1, -0.05) is 148 Å². The predicted molar refractivity (Wildman–Crippen MR) is 361 cm³/mol. The largest absolute Gasteiger partial charge is 0.451 e. The van der Waals surface area contributed by atoms with Crippen LogP contribution in [0.25, 0.3) is 0 Å². The van der Waals surface area contributed by atoms with Gasteiger partial charge in [0.2, 0.25) is 0 Å². The van der Waals surface area contributed by atoms with E-state index in [2.05, 4.69) is 0 Å². The van der Waals surface area contributed by atoms with Crippen molar-refractivity contribution in [3.8, 4) is 0 Å². The molecule has 3 amide bonds. The average molecular weight is 1330 g/mol. The van der Waals surface area contributed by atoms with Crippen LogP contribution in [0.1, 0.15) is 185 Å². The zero-order valence-electron chi connectivity index (χ0n) is 60.8. The van der Waals surface area contributed by atoms with Crippen molar-refractivity contribution < 1.29 is 80.4 Å². The molecule has 0 aliphatic carbocycles. The summed E-state index contributed by atoms with van der Waals surface area (Å²) in [4.78, 5) is 133. The molecule has 0 bridgehead atoms. The van der Waals surface area contributed by atoms with E-state index in [1.165, 1.54) is 74.6 Å². The number of ether oxygens (including phenoxy) is 6. The molecule has 0 N–H and O–H groups in total. The molecule has 0 unspecified atom stereocenters. The molecule has 0 spiro atoms. The number of hydrogen-bond donors (Lipinski definition) is 0. The van der Waals surface area contributed by atoms with Crippen LogP contribution in [0.15, 0.2) is 78.9 Å². The van der Waals surface area contributed by atoms with Crippen LogP contribution >= 0.6 is 0 Å². The average Bonchev–Trinajstić information content (AvgIpc) is 0.811. The minimum Gasteiger partial charge on any atom is -0.451 e. The molecule has 0 fully saturated rings. The second-order valence-electron chi connectivity index (χ2n) is 30.8. The lowest BCUT2D eigenvalue weighted by Gasteiger charge is -2.39. The number of carbonyl (C=O) groups excluding carboxylic acids is 9. The molecule has 3 aromatic carbocycles. The highest BCUT2D eigenvalue weighted by atomic mass is 19.1. The van der Waals surface area contributed by atoms with E-state index in [0.29, 0.717) is 23.7 Å². The first kappa shape index (κ1) is 82.1. The van der Waals surface area contributed by atoms with E-state index < -0.39 is 126 Å². The highest BCUT2D eigenvalue weighted by molar-refractivity contribution is 5.92. The molecule has 0 radical (unpaired) electrons. The summed E-state index contributed by atoms with van der Waals surface area (Å²) in [7, 11) is 5.31. The molecule has 21 heteroatoms. The SMILES string of the molecule is CC(C)C[C@@H](C(=O)O[C@H](Cc1ccc(C(C)(C)C)cc1)C(=O)N(C)[C@@H](CC(C)(C)F)C(=O)O[C@H](C)C(=O)N(C)[C@@H](CC(C)C)C(=O)O[C@](C=O)(Cc1ccc(C(C)(C)C)cc1)CN(C)[C@@H](CC(C)(C)F)C(=O)O[C@@](C)(C=O)COCc1ccccc1)N(C)C(=O)OC(C)(C)C. The van der Waals surface area contributed by atoms with Gasteiger partial charge in [0.15, 0.2) is 36.0 Å². The molecule has 530 valence electrons. The monoisotopic (exact) mass is 1330 g/mol. The van der Waals surface area contributed by atoms with Crippen LogP contribution in [0.5, 0.6) is 0 Å². The van der Waals surface area contributed by atoms with Crippen molar-refractivity contribution in [2.24, 2.45) is 11.8 Å². The standard InChI is InChI=1S/C74H110F2N4O15/c1-48(2)37-56(80(23)67(89)95-70(12,13)14)63(85)92-60(39-51-29-33-54(34-30-51)68(6,7)8)62(84)79(22)59(42-72(17,18)76)64(86)91-50(5)61(83)78(21)57(38-49(3)4)65(87)94-74(46-82,40-52-31-35-55(36-32-52)69(9,10)11)44-77(20)58(41-71(15,16)75)66(88)93-73(19,45-81)47-90-43-53-27-25-24-26-28-53/h24-36,45-46,48-50,56-60H,37-44,47H2,1-23H3/t50-,56+,57+,58+,59+,60-,73+,74-/m1/s1. The Morgan fingerprint density at radius 3 is 1.40 bits per heavy atom. The number of esters is 4. The zero-order chi connectivity index (χ0) is 72.6. The first-order chi connectivity index (χ1) is 43.5. The number of amides is 3. The van der Waals surface area contributed by atoms with Crippen molar-refractivity contribution in [3.63, 3.8) is 0 Å². The Morgan fingerprint density at radius 2 is 0.947 bits per heavy atom. The van der Waals surface area contributed by atoms with Gasteiger partial charge in [-0.05, 0) is 133 Å². The van der Waals surface area contributed by atoms with Gasteiger partial charge in [0.05, 0.1) is 13.2 Å². The van der Waals surface area contributed by atoms with E-state index >= 15 is 18.4 Å². The Labute approximate surface area is 563 Å². The van der Waals surface area contributed by atoms with Crippen molar-refractivity contribution >= 4 is 54.4 Å². The van der Waals surface area contributed by atoms with Gasteiger partial charge in [-0.25, -0.2) is 28.0 Å². The molecule has 3 aromatic rings. The normalized spacial score (nSPS) is 15.6. The Morgan fingerprint density at radius 1 is 0.495 bits per heavy atom. The third-order valence-electron chi connectivity index (χ3n) is 16.0. The molecule has 95 heavy (non-hydrogen) atoms. The van der Waals surface area contributed by atoms with Gasteiger partial charge in [-0.3, -0.25) is 33.8 Å². The van der Waals surface area contributed by atoms with Crippen LogP contribution in [0, 0.1) is 11.8 Å². The van der Waals surface area contributed by atoms with E-state index in [1.54, 1.807) is 58.9 Å². The number of aldehydes is 2. The van der Waals surface area contributed by atoms with Gasteiger partial charge in [-0.15, -0.1) is 0 Å². The summed E-state index contributed by atoms with van der Waals surface area (Å²) in [5.41, 5.74) is -5.77. The lowest BCUT2D eigenvalue weighted by molar-refractivity contribution is -0.179. The van der Waals surface area contributed by atoms with Gasteiger partial charge >= 0.3 is 30.0 Å². The fraction of sp³-hybridized carbons (Fsp3) is 0.635. The molecule has 8 atom stereocenters. The van der Waals surface area contributed by atoms with E-state index in [0.717, 1.165) is 31.4 Å². The van der Waals surface area contributed by atoms with Crippen molar-refractivity contribution in [1.29, 1.82) is 0 Å². The summed E-state index contributed by atoms with van der Waals surface area (Å²) in [5.74, 6) is -6.60. The molecule has 19 nitrogen and oxygen atoms in total. The van der Waals surface area contributed by atoms with Crippen molar-refractivity contribution in [1.82, 2.24) is 19.6 Å². The molecular formula is C74H110F2N4O15. The lowest BCUT2D eigenvalue weighted by Crippen LogP contribution is -2.57. The second kappa shape index (κ2) is 34.2. The molecule has 0 saturated heterocycles. The van der Waals surface area contributed by atoms with Crippen LogP contribution in [-0.2, 0) is 97.1 Å². The first-order valence-electron chi connectivity index (χ1n) is 32.7. The summed E-state index contributed by atoms with van der Waals surface area (Å²) < 4.78 is 67.4. The van der Waals surface area contributed by atoms with Crippen molar-refractivity contribution in [2.75, 3.05) is 41.3 Å². The molecular weight excluding hydrogens is 1220 g/mol. The van der Waals surface area contributed by atoms with Crippen LogP contribution in [-0.4, -0.2) is 180 Å². The number of rotatable bonds is 34. The van der Waals surface area contributed by atoms with Crippen LogP contribution in [0.4, 0.5) is 13.6 Å². The highest BCUT2D eigenvalue weighted by Gasteiger charge is 2.46. The summed E-state index contributed by atoms with van der Waals surface area (Å²) in [6, 6.07) is 17.7. The zero-order valence-corrected chi connectivity index (χ0v) is 60.8. The molecule has 0 aliphatic rings. The number of likely N-dealkylation sites (N-methyl/N-ethyl adjacent to an activating group) is 4. The van der Waals surface area contributed by atoms with Crippen LogP contribution < -0.4 is 0 Å². The number of nitrogens with zero attached hydrogens (tertiary/aromatic N) is 4. The molecule has 0 aromatic heterocycles. The summed E-state index contributed by atoms with van der Waals surface area (Å²) >= 11 is 0. The van der Waals surface area contributed by atoms with E-state index in [-0.39, 0.29) is 61.6 Å². The highest BCUT2D eigenvalue weighted by Crippen LogP contribution is 2.31. The fourth-order valence-electron chi connectivity index (χ4n) is 10.6. The van der Waals surface area contributed by atoms with E-state index in [9.17, 15) is 33.6 Å². The van der Waals surface area contributed by atoms with Crippen molar-refractivity contribution in [2.45, 2.75) is 252 Å². The van der Waals surface area contributed by atoms with Crippen LogP contribution in [0.2, 0.25) is 0 Å². The molecule has 0 aliphatic heterocycles. The topological polar surface area (TPSA) is 222 Å². The molecule has 3 rings (SSSR count). The minimum atomic E-state index is -2.16. The maximum Gasteiger partial charge on any atom is 0.410 e. The van der Waals surface area contributed by atoms with Crippen LogP contribution in [0.3, 0.4) is 0 Å². The Kier molecular flexibility index (Phi) is 29.6. The Bertz CT molecular complexity index is 3030. The molecule has 0 saturated carbocycles. The Hall–Kier alpha value is -7.13. The molecule has 0 heterocycles. The maximum atomic E-state index is 16.0. The first-order valence-corrected chi connectivity index (χ1v) is 32.7. The predicted octanol–water partition coefficient (Wildman–Crippen LogP) is 11.7. The minimum absolute atomic E-state index is 0.0606. The number of halogens is 2. The van der Waals surface area contributed by atoms with Gasteiger partial charge < -0.3 is 38.2 Å². The van der Waals surface area contributed by atoms with Crippen molar-refractivity contribution in [3.05, 3.63) is 107 Å². The maximum absolute atomic E-state index is 16.0. The number of alkyl halides is 2.